The van der Waals surface area contributed by atoms with Crippen molar-refractivity contribution in [2.75, 3.05) is 0 Å². The van der Waals surface area contributed by atoms with Crippen molar-refractivity contribution in [2.24, 2.45) is 17.8 Å². The molecule has 0 aliphatic heterocycles. The second kappa shape index (κ2) is 6.43. The first-order chi connectivity index (χ1) is 11.8. The first kappa shape index (κ1) is 17.3. The third kappa shape index (κ3) is 2.97. The van der Waals surface area contributed by atoms with Crippen LogP contribution in [0.1, 0.15) is 37.8 Å². The molecule has 4 nitrogen and oxygen atoms in total. The number of aliphatic carboxylic acids is 1. The van der Waals surface area contributed by atoms with Crippen LogP contribution in [0.2, 0.25) is 0 Å². The Bertz CT molecular complexity index is 703. The molecular formula is C21H24O4. The van der Waals surface area contributed by atoms with Gasteiger partial charge in [-0.25, -0.2) is 0 Å². The molecule has 3 N–H and O–H groups in total. The Hall–Kier alpha value is -2.49. The van der Waals surface area contributed by atoms with Gasteiger partial charge in [-0.3, -0.25) is 4.79 Å². The highest BCUT2D eigenvalue weighted by molar-refractivity contribution is 5.74. The van der Waals surface area contributed by atoms with Crippen molar-refractivity contribution in [2.45, 2.75) is 32.1 Å². The average Bonchev–Trinajstić information content (AvgIpc) is 2.58. The lowest BCUT2D eigenvalue weighted by molar-refractivity contribution is -0.146. The standard InChI is InChI=1S/C21H24O4/c1-13-11-19(20(24)25)21(12-14(13)2,15-3-7-17(22)8-4-15)16-5-9-18(23)10-6-16/h3-10,13-14,19,22-23H,11-12H2,1-2H3,(H,24,25). The van der Waals surface area contributed by atoms with Crippen molar-refractivity contribution >= 4 is 5.97 Å². The second-order valence-electron chi connectivity index (χ2n) is 7.35. The Morgan fingerprint density at radius 3 is 1.72 bits per heavy atom. The summed E-state index contributed by atoms with van der Waals surface area (Å²) in [7, 11) is 0. The van der Waals surface area contributed by atoms with Crippen molar-refractivity contribution in [1.29, 1.82) is 0 Å². The molecule has 25 heavy (non-hydrogen) atoms. The van der Waals surface area contributed by atoms with Crippen molar-refractivity contribution < 1.29 is 20.1 Å². The Morgan fingerprint density at radius 1 is 0.880 bits per heavy atom. The number of rotatable bonds is 3. The van der Waals surface area contributed by atoms with E-state index in [0.29, 0.717) is 24.7 Å². The van der Waals surface area contributed by atoms with Crippen LogP contribution in [0.25, 0.3) is 0 Å². The molecule has 4 heteroatoms. The van der Waals surface area contributed by atoms with Crippen molar-refractivity contribution in [3.8, 4) is 11.5 Å². The highest BCUT2D eigenvalue weighted by Gasteiger charge is 2.51. The quantitative estimate of drug-likeness (QED) is 0.784. The second-order valence-corrected chi connectivity index (χ2v) is 7.35. The molecule has 1 aliphatic carbocycles. The molecule has 132 valence electrons. The lowest BCUT2D eigenvalue weighted by Gasteiger charge is -2.48. The summed E-state index contributed by atoms with van der Waals surface area (Å²) in [5.41, 5.74) is 1.10. The summed E-state index contributed by atoms with van der Waals surface area (Å²) in [4.78, 5) is 12.2. The fourth-order valence-electron chi connectivity index (χ4n) is 4.29. The van der Waals surface area contributed by atoms with Gasteiger partial charge in [-0.05, 0) is 60.1 Å². The molecule has 0 radical (unpaired) electrons. The summed E-state index contributed by atoms with van der Waals surface area (Å²) in [5.74, 6) is -0.364. The first-order valence-corrected chi connectivity index (χ1v) is 8.66. The molecule has 2 aromatic carbocycles. The largest absolute Gasteiger partial charge is 0.508 e. The molecule has 0 aromatic heterocycles. The van der Waals surface area contributed by atoms with Crippen LogP contribution >= 0.6 is 0 Å². The number of phenolic OH excluding ortho intramolecular Hbond substituents is 2. The molecule has 1 aliphatic rings. The molecule has 0 spiro atoms. The maximum absolute atomic E-state index is 12.2. The van der Waals surface area contributed by atoms with Crippen molar-refractivity contribution in [1.82, 2.24) is 0 Å². The van der Waals surface area contributed by atoms with E-state index < -0.39 is 17.3 Å². The van der Waals surface area contributed by atoms with Gasteiger partial charge in [0.1, 0.15) is 11.5 Å². The molecule has 0 saturated heterocycles. The van der Waals surface area contributed by atoms with Crippen LogP contribution in [0.4, 0.5) is 0 Å². The summed E-state index contributed by atoms with van der Waals surface area (Å²) in [6.45, 7) is 4.27. The van der Waals surface area contributed by atoms with Gasteiger partial charge in [-0.15, -0.1) is 0 Å². The van der Waals surface area contributed by atoms with Gasteiger partial charge < -0.3 is 15.3 Å². The lowest BCUT2D eigenvalue weighted by Crippen LogP contribution is -2.47. The molecule has 0 amide bonds. The molecule has 3 unspecified atom stereocenters. The molecule has 3 atom stereocenters. The molecule has 3 rings (SSSR count). The third-order valence-corrected chi connectivity index (χ3v) is 5.88. The van der Waals surface area contributed by atoms with Crippen LogP contribution in [-0.4, -0.2) is 21.3 Å². The van der Waals surface area contributed by atoms with Crippen LogP contribution in [0, 0.1) is 17.8 Å². The van der Waals surface area contributed by atoms with Gasteiger partial charge in [0, 0.05) is 5.41 Å². The Labute approximate surface area is 147 Å². The number of carboxylic acids is 1. The van der Waals surface area contributed by atoms with Gasteiger partial charge >= 0.3 is 5.97 Å². The zero-order chi connectivity index (χ0) is 18.2. The fourth-order valence-corrected chi connectivity index (χ4v) is 4.29. The van der Waals surface area contributed by atoms with Crippen LogP contribution < -0.4 is 0 Å². The van der Waals surface area contributed by atoms with Gasteiger partial charge in [-0.1, -0.05) is 38.1 Å². The van der Waals surface area contributed by atoms with Gasteiger partial charge in [0.2, 0.25) is 0 Å². The minimum Gasteiger partial charge on any atom is -0.508 e. The SMILES string of the molecule is CC1CC(C(=O)O)C(c2ccc(O)cc2)(c2ccc(O)cc2)CC1C. The summed E-state index contributed by atoms with van der Waals surface area (Å²) in [5, 5.41) is 29.3. The molecule has 1 fully saturated rings. The van der Waals surface area contributed by atoms with E-state index in [1.807, 2.05) is 24.3 Å². The molecule has 1 saturated carbocycles. The van der Waals surface area contributed by atoms with Crippen molar-refractivity contribution in [3.63, 3.8) is 0 Å². The summed E-state index contributed by atoms with van der Waals surface area (Å²) in [6, 6.07) is 13.7. The van der Waals surface area contributed by atoms with Gasteiger partial charge in [0.15, 0.2) is 0 Å². The number of aromatic hydroxyl groups is 2. The minimum atomic E-state index is -0.806. The van der Waals surface area contributed by atoms with Crippen LogP contribution in [-0.2, 0) is 10.2 Å². The average molecular weight is 340 g/mol. The number of carbonyl (C=O) groups is 1. The van der Waals surface area contributed by atoms with E-state index in [1.165, 1.54) is 0 Å². The number of hydrogen-bond acceptors (Lipinski definition) is 3. The molecule has 2 aromatic rings. The van der Waals surface area contributed by atoms with E-state index in [0.717, 1.165) is 11.1 Å². The van der Waals surface area contributed by atoms with Crippen LogP contribution in [0.3, 0.4) is 0 Å². The minimum absolute atomic E-state index is 0.161. The van der Waals surface area contributed by atoms with E-state index in [4.69, 9.17) is 0 Å². The number of phenols is 2. The zero-order valence-corrected chi connectivity index (χ0v) is 14.5. The van der Waals surface area contributed by atoms with Gasteiger partial charge in [0.05, 0.1) is 5.92 Å². The normalized spacial score (nSPS) is 25.4. The number of hydrogen-bond donors (Lipinski definition) is 3. The first-order valence-electron chi connectivity index (χ1n) is 8.66. The Morgan fingerprint density at radius 2 is 1.32 bits per heavy atom. The van der Waals surface area contributed by atoms with Crippen molar-refractivity contribution in [3.05, 3.63) is 59.7 Å². The fraction of sp³-hybridized carbons (Fsp3) is 0.381. The number of carboxylic acid groups (broad SMARTS) is 1. The lowest BCUT2D eigenvalue weighted by atomic mass is 9.54. The maximum Gasteiger partial charge on any atom is 0.307 e. The molecular weight excluding hydrogens is 316 g/mol. The molecule has 0 bridgehead atoms. The van der Waals surface area contributed by atoms with Crippen LogP contribution in [0.15, 0.2) is 48.5 Å². The Balaban J connectivity index is 2.24. The van der Waals surface area contributed by atoms with E-state index in [-0.39, 0.29) is 11.5 Å². The molecule has 0 heterocycles. The maximum atomic E-state index is 12.2. The highest BCUT2D eigenvalue weighted by atomic mass is 16.4. The predicted molar refractivity (Wildman–Crippen MR) is 95.7 cm³/mol. The van der Waals surface area contributed by atoms with Crippen LogP contribution in [0.5, 0.6) is 11.5 Å². The van der Waals surface area contributed by atoms with E-state index in [1.54, 1.807) is 24.3 Å². The number of benzene rings is 2. The zero-order valence-electron chi connectivity index (χ0n) is 14.5. The van der Waals surface area contributed by atoms with E-state index >= 15 is 0 Å². The van der Waals surface area contributed by atoms with Gasteiger partial charge in [-0.2, -0.15) is 0 Å². The summed E-state index contributed by atoms with van der Waals surface area (Å²) < 4.78 is 0. The van der Waals surface area contributed by atoms with Gasteiger partial charge in [0.25, 0.3) is 0 Å². The third-order valence-electron chi connectivity index (χ3n) is 5.88. The smallest absolute Gasteiger partial charge is 0.307 e. The van der Waals surface area contributed by atoms with E-state index in [2.05, 4.69) is 13.8 Å². The van der Waals surface area contributed by atoms with E-state index in [9.17, 15) is 20.1 Å². The summed E-state index contributed by atoms with van der Waals surface area (Å²) in [6.07, 6.45) is 1.30. The monoisotopic (exact) mass is 340 g/mol. The summed E-state index contributed by atoms with van der Waals surface area (Å²) >= 11 is 0. The topological polar surface area (TPSA) is 77.8 Å². The predicted octanol–water partition coefficient (Wildman–Crippen LogP) is 4.15. The Kier molecular flexibility index (Phi) is 4.46. The highest BCUT2D eigenvalue weighted by Crippen LogP contribution is 2.52.